The second-order valence-corrected chi connectivity index (χ2v) is 6.59. The van der Waals surface area contributed by atoms with E-state index in [4.69, 9.17) is 10.6 Å². The van der Waals surface area contributed by atoms with Gasteiger partial charge in [0.05, 0.1) is 17.2 Å². The van der Waals surface area contributed by atoms with Gasteiger partial charge in [0.2, 0.25) is 11.1 Å². The summed E-state index contributed by atoms with van der Waals surface area (Å²) in [5, 5.41) is 13.2. The van der Waals surface area contributed by atoms with Gasteiger partial charge in [0, 0.05) is 13.0 Å². The standard InChI is InChI=1S/C14H19N5O3S2/c1-2-22-12(21)6-3-7-16-11(20)9-24-14-18-17-13(19(14)15)10-5-4-8-23-10/h4-5,8H,2-3,6-7,9,15H2,1H3,(H,16,20). The highest BCUT2D eigenvalue weighted by atomic mass is 32.2. The van der Waals surface area contributed by atoms with Crippen LogP contribution in [-0.2, 0) is 14.3 Å². The van der Waals surface area contributed by atoms with Crippen molar-refractivity contribution in [3.8, 4) is 10.7 Å². The molecule has 2 aromatic rings. The quantitative estimate of drug-likeness (QED) is 0.296. The van der Waals surface area contributed by atoms with Crippen LogP contribution in [-0.4, -0.2) is 45.7 Å². The summed E-state index contributed by atoms with van der Waals surface area (Å²) in [6, 6.07) is 3.81. The van der Waals surface area contributed by atoms with E-state index >= 15 is 0 Å². The Balaban J connectivity index is 1.72. The van der Waals surface area contributed by atoms with Crippen molar-refractivity contribution >= 4 is 35.0 Å². The lowest BCUT2D eigenvalue weighted by Gasteiger charge is -2.05. The maximum Gasteiger partial charge on any atom is 0.305 e. The summed E-state index contributed by atoms with van der Waals surface area (Å²) in [4.78, 5) is 23.9. The lowest BCUT2D eigenvalue weighted by Crippen LogP contribution is -2.27. The van der Waals surface area contributed by atoms with E-state index in [9.17, 15) is 9.59 Å². The van der Waals surface area contributed by atoms with Crippen LogP contribution in [0.25, 0.3) is 10.7 Å². The number of amides is 1. The zero-order chi connectivity index (χ0) is 17.4. The monoisotopic (exact) mass is 369 g/mol. The summed E-state index contributed by atoms with van der Waals surface area (Å²) >= 11 is 2.73. The number of carbonyl (C=O) groups excluding carboxylic acids is 2. The minimum absolute atomic E-state index is 0.149. The maximum atomic E-state index is 11.8. The molecule has 0 bridgehead atoms. The molecule has 0 atom stereocenters. The van der Waals surface area contributed by atoms with Crippen molar-refractivity contribution in [2.75, 3.05) is 24.7 Å². The third-order valence-electron chi connectivity index (χ3n) is 2.92. The summed E-state index contributed by atoms with van der Waals surface area (Å²) in [6.07, 6.45) is 0.841. The van der Waals surface area contributed by atoms with Crippen LogP contribution < -0.4 is 11.2 Å². The predicted octanol–water partition coefficient (Wildman–Crippen LogP) is 1.27. The molecular formula is C14H19N5O3S2. The predicted molar refractivity (Wildman–Crippen MR) is 93.1 cm³/mol. The van der Waals surface area contributed by atoms with Gasteiger partial charge in [-0.25, -0.2) is 4.68 Å². The highest BCUT2D eigenvalue weighted by Gasteiger charge is 2.14. The lowest BCUT2D eigenvalue weighted by molar-refractivity contribution is -0.143. The molecule has 2 rings (SSSR count). The lowest BCUT2D eigenvalue weighted by atomic mass is 10.3. The van der Waals surface area contributed by atoms with Crippen molar-refractivity contribution in [3.05, 3.63) is 17.5 Å². The third-order valence-corrected chi connectivity index (χ3v) is 4.73. The zero-order valence-corrected chi connectivity index (χ0v) is 14.9. The molecular weight excluding hydrogens is 350 g/mol. The van der Waals surface area contributed by atoms with Crippen molar-refractivity contribution in [1.82, 2.24) is 20.2 Å². The molecule has 0 aromatic carbocycles. The van der Waals surface area contributed by atoms with E-state index in [0.29, 0.717) is 37.0 Å². The van der Waals surface area contributed by atoms with E-state index in [2.05, 4.69) is 15.5 Å². The molecule has 2 aromatic heterocycles. The molecule has 3 N–H and O–H groups in total. The van der Waals surface area contributed by atoms with Gasteiger partial charge in [-0.15, -0.1) is 21.5 Å². The largest absolute Gasteiger partial charge is 0.466 e. The van der Waals surface area contributed by atoms with E-state index < -0.39 is 0 Å². The minimum atomic E-state index is -0.251. The fourth-order valence-corrected chi connectivity index (χ4v) is 3.22. The maximum absolute atomic E-state index is 11.8. The number of nitrogens with two attached hydrogens (primary N) is 1. The molecule has 0 spiro atoms. The van der Waals surface area contributed by atoms with Crippen LogP contribution in [0.3, 0.4) is 0 Å². The Labute approximate surface area is 147 Å². The first kappa shape index (κ1) is 18.3. The second-order valence-electron chi connectivity index (χ2n) is 4.70. The molecule has 0 saturated heterocycles. The Morgan fingerprint density at radius 3 is 3.00 bits per heavy atom. The number of nitrogens with one attached hydrogen (secondary N) is 1. The molecule has 0 aliphatic heterocycles. The van der Waals surface area contributed by atoms with Crippen LogP contribution in [0.5, 0.6) is 0 Å². The van der Waals surface area contributed by atoms with Crippen molar-refractivity contribution < 1.29 is 14.3 Å². The van der Waals surface area contributed by atoms with Gasteiger partial charge in [-0.2, -0.15) is 0 Å². The smallest absolute Gasteiger partial charge is 0.305 e. The average molecular weight is 369 g/mol. The number of aromatic nitrogens is 3. The molecule has 0 aliphatic rings. The summed E-state index contributed by atoms with van der Waals surface area (Å²) in [7, 11) is 0. The molecule has 0 fully saturated rings. The fourth-order valence-electron chi connectivity index (χ4n) is 1.82. The first-order chi connectivity index (χ1) is 11.6. The first-order valence-corrected chi connectivity index (χ1v) is 9.27. The SMILES string of the molecule is CCOC(=O)CCCNC(=O)CSc1nnc(-c2cccs2)n1N. The second kappa shape index (κ2) is 9.28. The van der Waals surface area contributed by atoms with Gasteiger partial charge in [0.1, 0.15) is 0 Å². The fraction of sp³-hybridized carbons (Fsp3) is 0.429. The number of hydrogen-bond donors (Lipinski definition) is 2. The minimum Gasteiger partial charge on any atom is -0.466 e. The summed E-state index contributed by atoms with van der Waals surface area (Å²) in [5.41, 5.74) is 0. The summed E-state index contributed by atoms with van der Waals surface area (Å²) < 4.78 is 6.19. The number of hydrogen-bond acceptors (Lipinski definition) is 8. The van der Waals surface area contributed by atoms with Crippen molar-refractivity contribution in [2.45, 2.75) is 24.9 Å². The molecule has 0 aliphatic carbocycles. The molecule has 8 nitrogen and oxygen atoms in total. The van der Waals surface area contributed by atoms with E-state index in [-0.39, 0.29) is 17.6 Å². The van der Waals surface area contributed by atoms with Crippen molar-refractivity contribution in [1.29, 1.82) is 0 Å². The van der Waals surface area contributed by atoms with Gasteiger partial charge < -0.3 is 15.9 Å². The Hall–Kier alpha value is -2.07. The number of nitrogen functional groups attached to an aromatic ring is 1. The number of rotatable bonds is 9. The Kier molecular flexibility index (Phi) is 7.07. The first-order valence-electron chi connectivity index (χ1n) is 7.41. The van der Waals surface area contributed by atoms with E-state index in [0.717, 1.165) is 4.88 Å². The van der Waals surface area contributed by atoms with Crippen LogP contribution in [0.15, 0.2) is 22.7 Å². The number of ether oxygens (including phenoxy) is 1. The van der Waals surface area contributed by atoms with Gasteiger partial charge >= 0.3 is 5.97 Å². The van der Waals surface area contributed by atoms with Crippen LogP contribution in [0.1, 0.15) is 19.8 Å². The molecule has 10 heteroatoms. The Bertz CT molecular complexity index is 672. The normalized spacial score (nSPS) is 10.5. The van der Waals surface area contributed by atoms with Gasteiger partial charge in [-0.05, 0) is 24.8 Å². The van der Waals surface area contributed by atoms with Crippen LogP contribution in [0.4, 0.5) is 0 Å². The number of esters is 1. The van der Waals surface area contributed by atoms with Crippen molar-refractivity contribution in [2.24, 2.45) is 0 Å². The number of thioether (sulfide) groups is 1. The van der Waals surface area contributed by atoms with Crippen LogP contribution >= 0.6 is 23.1 Å². The highest BCUT2D eigenvalue weighted by Crippen LogP contribution is 2.24. The molecule has 1 amide bonds. The topological polar surface area (TPSA) is 112 Å². The molecule has 2 heterocycles. The average Bonchev–Trinajstić information content (AvgIpc) is 3.19. The molecule has 0 radical (unpaired) electrons. The molecule has 0 unspecified atom stereocenters. The summed E-state index contributed by atoms with van der Waals surface area (Å²) in [6.45, 7) is 2.56. The van der Waals surface area contributed by atoms with Crippen LogP contribution in [0, 0.1) is 0 Å². The van der Waals surface area contributed by atoms with Crippen LogP contribution in [0.2, 0.25) is 0 Å². The number of thiophene rings is 1. The molecule has 24 heavy (non-hydrogen) atoms. The van der Waals surface area contributed by atoms with E-state index in [1.54, 1.807) is 6.92 Å². The highest BCUT2D eigenvalue weighted by molar-refractivity contribution is 7.99. The van der Waals surface area contributed by atoms with Gasteiger partial charge in [0.15, 0.2) is 5.82 Å². The zero-order valence-electron chi connectivity index (χ0n) is 13.2. The third kappa shape index (κ3) is 5.24. The Morgan fingerprint density at radius 1 is 1.46 bits per heavy atom. The van der Waals surface area contributed by atoms with Gasteiger partial charge in [-0.1, -0.05) is 17.8 Å². The number of carbonyl (C=O) groups is 2. The summed E-state index contributed by atoms with van der Waals surface area (Å²) in [5.74, 6) is 6.31. The molecule has 130 valence electrons. The van der Waals surface area contributed by atoms with E-state index in [1.165, 1.54) is 27.8 Å². The molecule has 0 saturated carbocycles. The Morgan fingerprint density at radius 2 is 2.29 bits per heavy atom. The van der Waals surface area contributed by atoms with Crippen molar-refractivity contribution in [3.63, 3.8) is 0 Å². The van der Waals surface area contributed by atoms with Gasteiger partial charge in [0.25, 0.3) is 0 Å². The van der Waals surface area contributed by atoms with E-state index in [1.807, 2.05) is 17.5 Å². The van der Waals surface area contributed by atoms with Gasteiger partial charge in [-0.3, -0.25) is 9.59 Å². The number of nitrogens with zero attached hydrogens (tertiary/aromatic N) is 3.